The Morgan fingerprint density at radius 3 is 2.23 bits per heavy atom. The molecule has 0 saturated heterocycles. The summed E-state index contributed by atoms with van der Waals surface area (Å²) in [5, 5.41) is 17.3. The smallest absolute Gasteiger partial charge is 0.134 e. The van der Waals surface area contributed by atoms with Crippen molar-refractivity contribution in [1.82, 2.24) is 0 Å². The minimum absolute atomic E-state index is 0.305. The lowest BCUT2D eigenvalue weighted by molar-refractivity contribution is 0.456. The van der Waals surface area contributed by atoms with Gasteiger partial charge in [-0.3, -0.25) is 0 Å². The van der Waals surface area contributed by atoms with E-state index >= 15 is 0 Å². The standard InChI is InChI=1S/C9H7F2NO/c1-5(4-12)9-7(10)2-6(13)3-8(9)11/h2-3,5,13H,1H3. The number of rotatable bonds is 1. The molecule has 1 N–H and O–H groups in total. The second-order valence-corrected chi connectivity index (χ2v) is 2.67. The van der Waals surface area contributed by atoms with Gasteiger partial charge in [0, 0.05) is 17.7 Å². The Labute approximate surface area is 74.0 Å². The zero-order chi connectivity index (χ0) is 10.0. The van der Waals surface area contributed by atoms with Crippen LogP contribution in [0.5, 0.6) is 5.75 Å². The number of halogens is 2. The quantitative estimate of drug-likeness (QED) is 0.725. The summed E-state index contributed by atoms with van der Waals surface area (Å²) in [4.78, 5) is 0. The maximum atomic E-state index is 13.0. The number of hydrogen-bond acceptors (Lipinski definition) is 2. The number of aromatic hydroxyl groups is 1. The highest BCUT2D eigenvalue weighted by atomic mass is 19.1. The molecule has 0 aliphatic carbocycles. The monoisotopic (exact) mass is 183 g/mol. The minimum Gasteiger partial charge on any atom is -0.508 e. The summed E-state index contributed by atoms with van der Waals surface area (Å²) >= 11 is 0. The van der Waals surface area contributed by atoms with Crippen LogP contribution in [0.2, 0.25) is 0 Å². The fourth-order valence-electron chi connectivity index (χ4n) is 1.05. The average molecular weight is 183 g/mol. The van der Waals surface area contributed by atoms with Crippen molar-refractivity contribution >= 4 is 0 Å². The minimum atomic E-state index is -0.897. The molecule has 0 aliphatic rings. The number of nitrogens with zero attached hydrogens (tertiary/aromatic N) is 1. The summed E-state index contributed by atoms with van der Waals surface area (Å²) in [5.41, 5.74) is -0.305. The first kappa shape index (κ1) is 9.46. The summed E-state index contributed by atoms with van der Waals surface area (Å²) in [6.45, 7) is 1.39. The molecule has 0 saturated carbocycles. The van der Waals surface area contributed by atoms with Crippen molar-refractivity contribution in [1.29, 1.82) is 5.26 Å². The van der Waals surface area contributed by atoms with E-state index in [1.807, 2.05) is 0 Å². The van der Waals surface area contributed by atoms with Crippen LogP contribution in [-0.4, -0.2) is 5.11 Å². The highest BCUT2D eigenvalue weighted by Gasteiger charge is 2.16. The van der Waals surface area contributed by atoms with Gasteiger partial charge in [0.2, 0.25) is 0 Å². The molecule has 13 heavy (non-hydrogen) atoms. The summed E-state index contributed by atoms with van der Waals surface area (Å²) in [6, 6.07) is 3.29. The zero-order valence-corrected chi connectivity index (χ0v) is 6.88. The summed E-state index contributed by atoms with van der Waals surface area (Å²) in [5.74, 6) is -3.14. The van der Waals surface area contributed by atoms with Crippen LogP contribution in [0, 0.1) is 23.0 Å². The molecule has 0 radical (unpaired) electrons. The van der Waals surface area contributed by atoms with Crippen LogP contribution in [0.3, 0.4) is 0 Å². The van der Waals surface area contributed by atoms with E-state index in [0.717, 1.165) is 12.1 Å². The Morgan fingerprint density at radius 1 is 1.38 bits per heavy atom. The van der Waals surface area contributed by atoms with Crippen LogP contribution >= 0.6 is 0 Å². The van der Waals surface area contributed by atoms with Crippen molar-refractivity contribution in [3.8, 4) is 11.8 Å². The van der Waals surface area contributed by atoms with Gasteiger partial charge >= 0.3 is 0 Å². The summed E-state index contributed by atoms with van der Waals surface area (Å²) in [6.07, 6.45) is 0. The van der Waals surface area contributed by atoms with Crippen molar-refractivity contribution in [2.45, 2.75) is 12.8 Å². The molecule has 1 aromatic carbocycles. The fraction of sp³-hybridized carbons (Fsp3) is 0.222. The topological polar surface area (TPSA) is 44.0 Å². The van der Waals surface area contributed by atoms with Crippen molar-refractivity contribution in [3.63, 3.8) is 0 Å². The Morgan fingerprint density at radius 2 is 1.85 bits per heavy atom. The normalized spacial score (nSPS) is 12.2. The van der Waals surface area contributed by atoms with Crippen molar-refractivity contribution in [3.05, 3.63) is 29.3 Å². The van der Waals surface area contributed by atoms with Gasteiger partial charge in [0.25, 0.3) is 0 Å². The third-order valence-corrected chi connectivity index (χ3v) is 1.69. The molecule has 2 nitrogen and oxygen atoms in total. The van der Waals surface area contributed by atoms with Gasteiger partial charge < -0.3 is 5.11 Å². The van der Waals surface area contributed by atoms with Gasteiger partial charge in [-0.15, -0.1) is 0 Å². The molecule has 1 atom stereocenters. The van der Waals surface area contributed by atoms with Crippen LogP contribution in [0.25, 0.3) is 0 Å². The largest absolute Gasteiger partial charge is 0.508 e. The Balaban J connectivity index is 3.30. The van der Waals surface area contributed by atoms with Crippen molar-refractivity contribution in [2.24, 2.45) is 0 Å². The van der Waals surface area contributed by atoms with Crippen molar-refractivity contribution < 1.29 is 13.9 Å². The van der Waals surface area contributed by atoms with Gasteiger partial charge in [0.15, 0.2) is 0 Å². The molecule has 0 aromatic heterocycles. The molecule has 4 heteroatoms. The Kier molecular flexibility index (Phi) is 2.47. The average Bonchev–Trinajstić information content (AvgIpc) is 2.02. The molecular weight excluding hydrogens is 176 g/mol. The lowest BCUT2D eigenvalue weighted by Gasteiger charge is -2.06. The maximum absolute atomic E-state index is 13.0. The van der Waals surface area contributed by atoms with E-state index < -0.39 is 23.3 Å². The molecular formula is C9H7F2NO. The summed E-state index contributed by atoms with van der Waals surface area (Å²) < 4.78 is 26.0. The highest BCUT2D eigenvalue weighted by Crippen LogP contribution is 2.25. The van der Waals surface area contributed by atoms with E-state index in [9.17, 15) is 8.78 Å². The van der Waals surface area contributed by atoms with Gasteiger partial charge in [-0.1, -0.05) is 0 Å². The van der Waals surface area contributed by atoms with E-state index in [4.69, 9.17) is 10.4 Å². The zero-order valence-electron chi connectivity index (χ0n) is 6.88. The van der Waals surface area contributed by atoms with Crippen LogP contribution in [0.1, 0.15) is 18.4 Å². The Hall–Kier alpha value is -1.63. The van der Waals surface area contributed by atoms with Crippen molar-refractivity contribution in [2.75, 3.05) is 0 Å². The first-order chi connectivity index (χ1) is 6.06. The van der Waals surface area contributed by atoms with Crippen LogP contribution in [0.15, 0.2) is 12.1 Å². The van der Waals surface area contributed by atoms with E-state index in [-0.39, 0.29) is 5.56 Å². The lowest BCUT2D eigenvalue weighted by Crippen LogP contribution is -1.98. The van der Waals surface area contributed by atoms with Gasteiger partial charge in [0.1, 0.15) is 17.4 Å². The van der Waals surface area contributed by atoms with E-state index in [2.05, 4.69) is 0 Å². The van der Waals surface area contributed by atoms with Gasteiger partial charge in [-0.25, -0.2) is 8.78 Å². The van der Waals surface area contributed by atoms with Crippen LogP contribution in [0.4, 0.5) is 8.78 Å². The molecule has 0 amide bonds. The second-order valence-electron chi connectivity index (χ2n) is 2.67. The molecule has 0 fully saturated rings. The fourth-order valence-corrected chi connectivity index (χ4v) is 1.05. The van der Waals surface area contributed by atoms with Gasteiger partial charge in [-0.05, 0) is 6.92 Å². The number of hydrogen-bond donors (Lipinski definition) is 1. The predicted octanol–water partition coefficient (Wildman–Crippen LogP) is 2.30. The molecule has 68 valence electrons. The van der Waals surface area contributed by atoms with Crippen LogP contribution in [-0.2, 0) is 0 Å². The maximum Gasteiger partial charge on any atom is 0.134 e. The molecule has 0 bridgehead atoms. The third-order valence-electron chi connectivity index (χ3n) is 1.69. The van der Waals surface area contributed by atoms with Gasteiger partial charge in [-0.2, -0.15) is 5.26 Å². The molecule has 0 spiro atoms. The second kappa shape index (κ2) is 3.40. The molecule has 0 aliphatic heterocycles. The lowest BCUT2D eigenvalue weighted by atomic mass is 10.0. The third kappa shape index (κ3) is 1.75. The Bertz CT molecular complexity index is 347. The SMILES string of the molecule is CC(C#N)c1c(F)cc(O)cc1F. The number of benzene rings is 1. The first-order valence-corrected chi connectivity index (χ1v) is 3.63. The predicted molar refractivity (Wildman–Crippen MR) is 42.1 cm³/mol. The van der Waals surface area contributed by atoms with Crippen LogP contribution < -0.4 is 0 Å². The molecule has 1 unspecified atom stereocenters. The number of phenols is 1. The van der Waals surface area contributed by atoms with E-state index in [1.165, 1.54) is 6.92 Å². The molecule has 1 aromatic rings. The van der Waals surface area contributed by atoms with E-state index in [1.54, 1.807) is 6.07 Å². The number of phenolic OH excluding ortho intramolecular Hbond substituents is 1. The number of nitriles is 1. The highest BCUT2D eigenvalue weighted by molar-refractivity contribution is 5.33. The molecule has 1 rings (SSSR count). The summed E-state index contributed by atoms with van der Waals surface area (Å²) in [7, 11) is 0. The van der Waals surface area contributed by atoms with E-state index in [0.29, 0.717) is 0 Å². The van der Waals surface area contributed by atoms with Gasteiger partial charge in [0.05, 0.1) is 12.0 Å². The molecule has 0 heterocycles. The first-order valence-electron chi connectivity index (χ1n) is 3.63.